The lowest BCUT2D eigenvalue weighted by molar-refractivity contribution is 0.0688. The van der Waals surface area contributed by atoms with Crippen LogP contribution in [-0.2, 0) is 12.8 Å². The highest BCUT2D eigenvalue weighted by atomic mass is 16.3. The summed E-state index contributed by atoms with van der Waals surface area (Å²) in [6.45, 7) is 4.13. The smallest absolute Gasteiger partial charge is 0.258 e. The number of amides is 1. The zero-order valence-electron chi connectivity index (χ0n) is 14.8. The predicted molar refractivity (Wildman–Crippen MR) is 97.9 cm³/mol. The third kappa shape index (κ3) is 3.63. The van der Waals surface area contributed by atoms with E-state index in [1.54, 1.807) is 24.3 Å². The average Bonchev–Trinajstić information content (AvgIpc) is 2.92. The minimum absolute atomic E-state index is 0.0551. The lowest BCUT2D eigenvalue weighted by Gasteiger charge is -2.27. The van der Waals surface area contributed by atoms with Crippen molar-refractivity contribution in [3.8, 4) is 11.5 Å². The van der Waals surface area contributed by atoms with Crippen molar-refractivity contribution in [2.45, 2.75) is 51.6 Å². The molecule has 0 aliphatic carbocycles. The maximum Gasteiger partial charge on any atom is 0.258 e. The van der Waals surface area contributed by atoms with E-state index in [4.69, 9.17) is 0 Å². The normalized spacial score (nSPS) is 20.0. The highest BCUT2D eigenvalue weighted by Crippen LogP contribution is 2.30. The third-order valence-corrected chi connectivity index (χ3v) is 5.15. The highest BCUT2D eigenvalue weighted by molar-refractivity contribution is 5.98. The van der Waals surface area contributed by atoms with Gasteiger partial charge in [0.05, 0.1) is 5.56 Å². The van der Waals surface area contributed by atoms with Crippen molar-refractivity contribution in [1.29, 1.82) is 0 Å². The van der Waals surface area contributed by atoms with Crippen molar-refractivity contribution in [1.82, 2.24) is 4.90 Å². The summed E-state index contributed by atoms with van der Waals surface area (Å²) in [7, 11) is 0. The lowest BCUT2D eigenvalue weighted by Crippen LogP contribution is -2.39. The molecule has 1 amide bonds. The predicted octanol–water partition coefficient (Wildman–Crippen LogP) is 3.90. The Morgan fingerprint density at radius 1 is 1.00 bits per heavy atom. The maximum atomic E-state index is 13.1. The number of aryl methyl sites for hydroxylation is 2. The summed E-state index contributed by atoms with van der Waals surface area (Å²) in [6.07, 6.45) is 3.42. The van der Waals surface area contributed by atoms with Gasteiger partial charge >= 0.3 is 0 Å². The summed E-state index contributed by atoms with van der Waals surface area (Å²) in [5, 5.41) is 19.7. The van der Waals surface area contributed by atoms with Crippen LogP contribution in [0.4, 0.5) is 0 Å². The number of phenolic OH excluding ortho intramolecular Hbond substituents is 2. The molecule has 3 rings (SSSR count). The number of phenols is 2. The van der Waals surface area contributed by atoms with E-state index in [1.165, 1.54) is 0 Å². The second-order valence-electron chi connectivity index (χ2n) is 6.97. The summed E-state index contributed by atoms with van der Waals surface area (Å²) >= 11 is 0. The van der Waals surface area contributed by atoms with Crippen LogP contribution in [0.1, 0.15) is 48.2 Å². The van der Waals surface area contributed by atoms with E-state index in [0.717, 1.165) is 30.4 Å². The van der Waals surface area contributed by atoms with E-state index in [0.29, 0.717) is 12.0 Å². The topological polar surface area (TPSA) is 60.8 Å². The van der Waals surface area contributed by atoms with Crippen molar-refractivity contribution >= 4 is 5.91 Å². The second-order valence-corrected chi connectivity index (χ2v) is 6.97. The Bertz CT molecular complexity index is 744. The molecule has 0 unspecified atom stereocenters. The first-order valence-corrected chi connectivity index (χ1v) is 8.89. The molecule has 1 fully saturated rings. The van der Waals surface area contributed by atoms with E-state index in [2.05, 4.69) is 13.8 Å². The molecule has 0 aromatic heterocycles. The van der Waals surface area contributed by atoms with Crippen LogP contribution in [0.25, 0.3) is 0 Å². The van der Waals surface area contributed by atoms with Gasteiger partial charge in [-0.05, 0) is 68.9 Å². The maximum absolute atomic E-state index is 13.1. The monoisotopic (exact) mass is 339 g/mol. The number of likely N-dealkylation sites (tertiary alicyclic amines) is 1. The van der Waals surface area contributed by atoms with E-state index >= 15 is 0 Å². The van der Waals surface area contributed by atoms with Gasteiger partial charge in [0, 0.05) is 12.1 Å². The molecular formula is C21H25NO3. The summed E-state index contributed by atoms with van der Waals surface area (Å²) in [5.74, 6) is 0.227. The standard InChI is InChI=1S/C21H25NO3/c1-14-6-7-15(2)22(14)21(25)20-17(4-3-5-19(20)24)11-8-16-9-12-18(23)13-10-16/h3-5,9-10,12-15,23-24H,6-8,11H2,1-2H3/t14-,15+. The Balaban J connectivity index is 1.84. The van der Waals surface area contributed by atoms with Gasteiger partial charge in [0.2, 0.25) is 0 Å². The van der Waals surface area contributed by atoms with Gasteiger partial charge in [-0.15, -0.1) is 0 Å². The van der Waals surface area contributed by atoms with Crippen molar-refractivity contribution in [2.75, 3.05) is 0 Å². The van der Waals surface area contributed by atoms with Crippen LogP contribution in [0.15, 0.2) is 42.5 Å². The Morgan fingerprint density at radius 3 is 2.28 bits per heavy atom. The van der Waals surface area contributed by atoms with Crippen molar-refractivity contribution in [3.63, 3.8) is 0 Å². The van der Waals surface area contributed by atoms with Crippen LogP contribution in [0.2, 0.25) is 0 Å². The number of aromatic hydroxyl groups is 2. The number of carbonyl (C=O) groups is 1. The molecule has 132 valence electrons. The fourth-order valence-electron chi connectivity index (χ4n) is 3.71. The zero-order chi connectivity index (χ0) is 18.0. The minimum atomic E-state index is -0.0729. The Labute approximate surface area is 148 Å². The summed E-state index contributed by atoms with van der Waals surface area (Å²) in [5.41, 5.74) is 2.38. The molecule has 2 N–H and O–H groups in total. The molecule has 1 saturated heterocycles. The molecular weight excluding hydrogens is 314 g/mol. The molecule has 25 heavy (non-hydrogen) atoms. The number of rotatable bonds is 4. The molecule has 1 aliphatic heterocycles. The van der Waals surface area contributed by atoms with Crippen LogP contribution >= 0.6 is 0 Å². The van der Waals surface area contributed by atoms with Crippen LogP contribution < -0.4 is 0 Å². The first-order chi connectivity index (χ1) is 12.0. The Kier molecular flexibility index (Phi) is 4.98. The summed E-state index contributed by atoms with van der Waals surface area (Å²) < 4.78 is 0. The largest absolute Gasteiger partial charge is 0.508 e. The molecule has 1 heterocycles. The minimum Gasteiger partial charge on any atom is -0.508 e. The van der Waals surface area contributed by atoms with Gasteiger partial charge in [-0.1, -0.05) is 24.3 Å². The zero-order valence-corrected chi connectivity index (χ0v) is 14.8. The van der Waals surface area contributed by atoms with Crippen molar-refractivity contribution < 1.29 is 15.0 Å². The fraction of sp³-hybridized carbons (Fsp3) is 0.381. The molecule has 2 atom stereocenters. The lowest BCUT2D eigenvalue weighted by atomic mass is 9.97. The molecule has 0 radical (unpaired) electrons. The summed E-state index contributed by atoms with van der Waals surface area (Å²) in [4.78, 5) is 15.0. The van der Waals surface area contributed by atoms with Gasteiger partial charge < -0.3 is 15.1 Å². The fourth-order valence-corrected chi connectivity index (χ4v) is 3.71. The molecule has 1 aliphatic rings. The average molecular weight is 339 g/mol. The van der Waals surface area contributed by atoms with Gasteiger partial charge in [0.1, 0.15) is 11.5 Å². The highest BCUT2D eigenvalue weighted by Gasteiger charge is 2.33. The SMILES string of the molecule is C[C@@H]1CC[C@H](C)N1C(=O)c1c(O)cccc1CCc1ccc(O)cc1. The van der Waals surface area contributed by atoms with Crippen molar-refractivity contribution in [2.24, 2.45) is 0 Å². The molecule has 0 saturated carbocycles. The van der Waals surface area contributed by atoms with E-state index in [-0.39, 0.29) is 29.5 Å². The quantitative estimate of drug-likeness (QED) is 0.888. The molecule has 4 nitrogen and oxygen atoms in total. The van der Waals surface area contributed by atoms with Crippen LogP contribution in [-0.4, -0.2) is 33.1 Å². The number of benzene rings is 2. The van der Waals surface area contributed by atoms with Gasteiger partial charge in [-0.2, -0.15) is 0 Å². The van der Waals surface area contributed by atoms with Crippen molar-refractivity contribution in [3.05, 3.63) is 59.2 Å². The summed E-state index contributed by atoms with van der Waals surface area (Å²) in [6, 6.07) is 12.8. The molecule has 4 heteroatoms. The first kappa shape index (κ1) is 17.3. The number of nitrogens with zero attached hydrogens (tertiary/aromatic N) is 1. The Morgan fingerprint density at radius 2 is 1.64 bits per heavy atom. The third-order valence-electron chi connectivity index (χ3n) is 5.15. The Hall–Kier alpha value is -2.49. The van der Waals surface area contributed by atoms with Gasteiger partial charge in [0.25, 0.3) is 5.91 Å². The number of hydrogen-bond acceptors (Lipinski definition) is 3. The van der Waals surface area contributed by atoms with Gasteiger partial charge in [-0.25, -0.2) is 0 Å². The van der Waals surface area contributed by atoms with E-state index < -0.39 is 0 Å². The van der Waals surface area contributed by atoms with Crippen LogP contribution in [0.5, 0.6) is 11.5 Å². The van der Waals surface area contributed by atoms with Gasteiger partial charge in [0.15, 0.2) is 0 Å². The first-order valence-electron chi connectivity index (χ1n) is 8.89. The second kappa shape index (κ2) is 7.18. The molecule has 0 bridgehead atoms. The number of carbonyl (C=O) groups excluding carboxylic acids is 1. The van der Waals surface area contributed by atoms with E-state index in [9.17, 15) is 15.0 Å². The molecule has 0 spiro atoms. The van der Waals surface area contributed by atoms with E-state index in [1.807, 2.05) is 23.1 Å². The van der Waals surface area contributed by atoms with Crippen LogP contribution in [0.3, 0.4) is 0 Å². The number of hydrogen-bond donors (Lipinski definition) is 2. The molecule has 2 aromatic rings. The van der Waals surface area contributed by atoms with Crippen LogP contribution in [0, 0.1) is 0 Å². The van der Waals surface area contributed by atoms with Gasteiger partial charge in [-0.3, -0.25) is 4.79 Å². The molecule has 2 aromatic carbocycles.